The molecule has 90 valence electrons. The van der Waals surface area contributed by atoms with Crippen molar-refractivity contribution in [3.05, 3.63) is 0 Å². The van der Waals surface area contributed by atoms with Crippen molar-refractivity contribution in [2.24, 2.45) is 11.8 Å². The summed E-state index contributed by atoms with van der Waals surface area (Å²) in [5.41, 5.74) is 0. The molecule has 15 heavy (non-hydrogen) atoms. The van der Waals surface area contributed by atoms with Gasteiger partial charge in [0.2, 0.25) is 0 Å². The summed E-state index contributed by atoms with van der Waals surface area (Å²) in [5, 5.41) is 0. The third-order valence-corrected chi connectivity index (χ3v) is 4.10. The highest BCUT2D eigenvalue weighted by Gasteiger charge is 2.17. The van der Waals surface area contributed by atoms with Gasteiger partial charge in [-0.1, -0.05) is 33.6 Å². The van der Waals surface area contributed by atoms with Gasteiger partial charge in [-0.3, -0.25) is 9.00 Å². The highest BCUT2D eigenvalue weighted by atomic mass is 32.2. The van der Waals surface area contributed by atoms with Crippen molar-refractivity contribution in [3.63, 3.8) is 0 Å². The Morgan fingerprint density at radius 2 is 1.93 bits per heavy atom. The van der Waals surface area contributed by atoms with Crippen molar-refractivity contribution in [1.82, 2.24) is 0 Å². The lowest BCUT2D eigenvalue weighted by Gasteiger charge is -2.12. The van der Waals surface area contributed by atoms with E-state index in [1.54, 1.807) is 6.92 Å². The standard InChI is InChI=1S/C11H22O3S/c1-5-6-9(2)7-15(13)8-10(3)11(12)14-4/h9-10H,5-8H2,1-4H3. The first-order valence-corrected chi connectivity index (χ1v) is 6.92. The summed E-state index contributed by atoms with van der Waals surface area (Å²) in [5.74, 6) is 1.05. The summed E-state index contributed by atoms with van der Waals surface area (Å²) < 4.78 is 16.3. The van der Waals surface area contributed by atoms with Crippen LogP contribution in [0.1, 0.15) is 33.6 Å². The quantitative estimate of drug-likeness (QED) is 0.633. The number of hydrogen-bond acceptors (Lipinski definition) is 3. The maximum Gasteiger partial charge on any atom is 0.309 e. The van der Waals surface area contributed by atoms with Gasteiger partial charge in [-0.15, -0.1) is 0 Å². The molecule has 0 rings (SSSR count). The average molecular weight is 234 g/mol. The number of methoxy groups -OCH3 is 1. The van der Waals surface area contributed by atoms with E-state index < -0.39 is 10.8 Å². The maximum atomic E-state index is 11.7. The summed E-state index contributed by atoms with van der Waals surface area (Å²) in [4.78, 5) is 11.1. The van der Waals surface area contributed by atoms with E-state index in [2.05, 4.69) is 18.6 Å². The van der Waals surface area contributed by atoms with Crippen molar-refractivity contribution >= 4 is 16.8 Å². The molecule has 0 fully saturated rings. The minimum Gasteiger partial charge on any atom is -0.469 e. The Bertz CT molecular complexity index is 216. The molecule has 0 saturated heterocycles. The van der Waals surface area contributed by atoms with Gasteiger partial charge in [0, 0.05) is 22.3 Å². The number of esters is 1. The van der Waals surface area contributed by atoms with Gasteiger partial charge in [-0.2, -0.15) is 0 Å². The van der Waals surface area contributed by atoms with E-state index in [1.165, 1.54) is 7.11 Å². The molecule has 3 nitrogen and oxygen atoms in total. The normalized spacial score (nSPS) is 16.8. The molecule has 0 aromatic heterocycles. The van der Waals surface area contributed by atoms with E-state index in [1.807, 2.05) is 0 Å². The highest BCUT2D eigenvalue weighted by molar-refractivity contribution is 7.85. The Morgan fingerprint density at radius 1 is 1.33 bits per heavy atom. The Hall–Kier alpha value is -0.380. The van der Waals surface area contributed by atoms with E-state index >= 15 is 0 Å². The first-order chi connectivity index (χ1) is 7.01. The second-order valence-electron chi connectivity index (χ2n) is 4.09. The molecule has 0 radical (unpaired) electrons. The molecule has 0 saturated carbocycles. The molecule has 3 unspecified atom stereocenters. The fraction of sp³-hybridized carbons (Fsp3) is 0.909. The second kappa shape index (κ2) is 7.85. The lowest BCUT2D eigenvalue weighted by Crippen LogP contribution is -2.22. The fourth-order valence-electron chi connectivity index (χ4n) is 1.51. The maximum absolute atomic E-state index is 11.7. The molecule has 4 heteroatoms. The summed E-state index contributed by atoms with van der Waals surface area (Å²) >= 11 is 0. The zero-order chi connectivity index (χ0) is 11.8. The van der Waals surface area contributed by atoms with E-state index in [0.29, 0.717) is 17.4 Å². The average Bonchev–Trinajstić information content (AvgIpc) is 2.16. The van der Waals surface area contributed by atoms with Crippen LogP contribution in [0.3, 0.4) is 0 Å². The Balaban J connectivity index is 3.87. The van der Waals surface area contributed by atoms with E-state index in [0.717, 1.165) is 12.8 Å². The number of ether oxygens (including phenoxy) is 1. The molecule has 0 spiro atoms. The van der Waals surface area contributed by atoms with Gasteiger partial charge in [0.1, 0.15) is 0 Å². The minimum atomic E-state index is -0.905. The van der Waals surface area contributed by atoms with Crippen LogP contribution in [-0.2, 0) is 20.3 Å². The first-order valence-electron chi connectivity index (χ1n) is 5.44. The summed E-state index contributed by atoms with van der Waals surface area (Å²) in [6.07, 6.45) is 2.21. The van der Waals surface area contributed by atoms with Gasteiger partial charge in [0.15, 0.2) is 0 Å². The molecule has 0 aromatic rings. The van der Waals surface area contributed by atoms with E-state index in [9.17, 15) is 9.00 Å². The van der Waals surface area contributed by atoms with Crippen molar-refractivity contribution < 1.29 is 13.7 Å². The number of rotatable bonds is 7. The zero-order valence-corrected chi connectivity index (χ0v) is 10.9. The van der Waals surface area contributed by atoms with Crippen molar-refractivity contribution in [1.29, 1.82) is 0 Å². The van der Waals surface area contributed by atoms with Gasteiger partial charge in [-0.25, -0.2) is 0 Å². The van der Waals surface area contributed by atoms with Crippen LogP contribution in [0.5, 0.6) is 0 Å². The van der Waals surface area contributed by atoms with Gasteiger partial charge in [-0.05, 0) is 5.92 Å². The molecular formula is C11H22O3S. The predicted octanol–water partition coefficient (Wildman–Crippen LogP) is 1.98. The van der Waals surface area contributed by atoms with Crippen LogP contribution in [0, 0.1) is 11.8 Å². The fourth-order valence-corrected chi connectivity index (χ4v) is 3.14. The summed E-state index contributed by atoms with van der Waals surface area (Å²) in [7, 11) is 0.458. The highest BCUT2D eigenvalue weighted by Crippen LogP contribution is 2.09. The van der Waals surface area contributed by atoms with Crippen molar-refractivity contribution in [3.8, 4) is 0 Å². The molecule has 0 aliphatic carbocycles. The number of carbonyl (C=O) groups excluding carboxylic acids is 1. The van der Waals surface area contributed by atoms with Crippen LogP contribution in [0.25, 0.3) is 0 Å². The van der Waals surface area contributed by atoms with Gasteiger partial charge in [0.05, 0.1) is 13.0 Å². The third kappa shape index (κ3) is 6.66. The van der Waals surface area contributed by atoms with Crippen LogP contribution in [0.15, 0.2) is 0 Å². The summed E-state index contributed by atoms with van der Waals surface area (Å²) in [6, 6.07) is 0. The van der Waals surface area contributed by atoms with Gasteiger partial charge >= 0.3 is 5.97 Å². The van der Waals surface area contributed by atoms with Crippen LogP contribution in [0.4, 0.5) is 0 Å². The zero-order valence-electron chi connectivity index (χ0n) is 10.1. The molecule has 0 N–H and O–H groups in total. The number of carbonyl (C=O) groups is 1. The lowest BCUT2D eigenvalue weighted by molar-refractivity contribution is -0.144. The third-order valence-electron chi connectivity index (χ3n) is 2.29. The smallest absolute Gasteiger partial charge is 0.309 e. The molecular weight excluding hydrogens is 212 g/mol. The second-order valence-corrected chi connectivity index (χ2v) is 5.64. The van der Waals surface area contributed by atoms with E-state index in [-0.39, 0.29) is 11.9 Å². The van der Waals surface area contributed by atoms with Crippen LogP contribution < -0.4 is 0 Å². The van der Waals surface area contributed by atoms with E-state index in [4.69, 9.17) is 0 Å². The molecule has 3 atom stereocenters. The molecule has 0 aromatic carbocycles. The lowest BCUT2D eigenvalue weighted by atomic mass is 10.1. The van der Waals surface area contributed by atoms with Gasteiger partial charge in [0.25, 0.3) is 0 Å². The Morgan fingerprint density at radius 3 is 2.40 bits per heavy atom. The topological polar surface area (TPSA) is 43.4 Å². The Kier molecular flexibility index (Phi) is 7.65. The van der Waals surface area contributed by atoms with Crippen LogP contribution in [0.2, 0.25) is 0 Å². The molecule has 0 heterocycles. The molecule has 0 bridgehead atoms. The monoisotopic (exact) mass is 234 g/mol. The van der Waals surface area contributed by atoms with Crippen molar-refractivity contribution in [2.45, 2.75) is 33.6 Å². The van der Waals surface area contributed by atoms with Crippen molar-refractivity contribution in [2.75, 3.05) is 18.6 Å². The molecule has 0 aliphatic heterocycles. The SMILES string of the molecule is CCCC(C)CS(=O)CC(C)C(=O)OC. The minimum absolute atomic E-state index is 0.260. The summed E-state index contributed by atoms with van der Waals surface area (Å²) in [6.45, 7) is 5.98. The number of hydrogen-bond donors (Lipinski definition) is 0. The molecule has 0 amide bonds. The van der Waals surface area contributed by atoms with Crippen LogP contribution in [-0.4, -0.2) is 28.8 Å². The predicted molar refractivity (Wildman–Crippen MR) is 63.1 cm³/mol. The molecule has 0 aliphatic rings. The van der Waals surface area contributed by atoms with Crippen LogP contribution >= 0.6 is 0 Å². The van der Waals surface area contributed by atoms with Gasteiger partial charge < -0.3 is 4.74 Å². The first kappa shape index (κ1) is 14.6. The largest absolute Gasteiger partial charge is 0.469 e. The Labute approximate surface area is 95.0 Å².